The summed E-state index contributed by atoms with van der Waals surface area (Å²) in [6.45, 7) is 10.0. The van der Waals surface area contributed by atoms with Crippen molar-refractivity contribution < 1.29 is 4.74 Å². The van der Waals surface area contributed by atoms with Crippen LogP contribution in [0.2, 0.25) is 0 Å². The smallest absolute Gasteiger partial charge is 0.191 e. The summed E-state index contributed by atoms with van der Waals surface area (Å²) in [5.41, 5.74) is 3.68. The molecule has 1 unspecified atom stereocenters. The van der Waals surface area contributed by atoms with E-state index >= 15 is 0 Å². The fourth-order valence-electron chi connectivity index (χ4n) is 3.48. The standard InChI is InChI=1S/C23H33N5O.HI/c1-3-24-23(26-13-11-21-6-4-5-12-25-21)27-18-22(28-14-16-29-17-15-28)20-9-7-19(2)8-10-20;/h4-10,12,22H,3,11,13-18H2,1-2H3,(H2,24,26,27);1H. The molecule has 1 aromatic carbocycles. The molecule has 2 N–H and O–H groups in total. The van der Waals surface area contributed by atoms with Crippen LogP contribution in [-0.4, -0.2) is 61.8 Å². The van der Waals surface area contributed by atoms with Gasteiger partial charge in [-0.2, -0.15) is 0 Å². The van der Waals surface area contributed by atoms with Gasteiger partial charge in [0.05, 0.1) is 25.8 Å². The summed E-state index contributed by atoms with van der Waals surface area (Å²) in [5.74, 6) is 0.855. The van der Waals surface area contributed by atoms with Crippen LogP contribution in [0.15, 0.2) is 53.7 Å². The van der Waals surface area contributed by atoms with Crippen LogP contribution in [0, 0.1) is 6.92 Å². The largest absolute Gasteiger partial charge is 0.379 e. The molecule has 0 spiro atoms. The molecule has 1 aliphatic rings. The zero-order valence-corrected chi connectivity index (χ0v) is 20.3. The summed E-state index contributed by atoms with van der Waals surface area (Å²) in [5, 5.41) is 6.81. The second-order valence-electron chi connectivity index (χ2n) is 7.29. The highest BCUT2D eigenvalue weighted by Gasteiger charge is 2.22. The first-order chi connectivity index (χ1) is 14.3. The highest BCUT2D eigenvalue weighted by atomic mass is 127. The Morgan fingerprint density at radius 2 is 1.90 bits per heavy atom. The lowest BCUT2D eigenvalue weighted by molar-refractivity contribution is 0.0179. The predicted molar refractivity (Wildman–Crippen MR) is 134 cm³/mol. The lowest BCUT2D eigenvalue weighted by Crippen LogP contribution is -2.42. The number of morpholine rings is 1. The Balaban J connectivity index is 0.00000320. The first kappa shape index (κ1) is 24.6. The third-order valence-electron chi connectivity index (χ3n) is 5.11. The lowest BCUT2D eigenvalue weighted by Gasteiger charge is -2.34. The number of aliphatic imine (C=N–C) groups is 1. The van der Waals surface area contributed by atoms with Gasteiger partial charge in [0.1, 0.15) is 0 Å². The lowest BCUT2D eigenvalue weighted by atomic mass is 10.0. The molecule has 0 amide bonds. The number of aryl methyl sites for hydroxylation is 1. The number of nitrogens with zero attached hydrogens (tertiary/aromatic N) is 3. The number of halogens is 1. The van der Waals surface area contributed by atoms with Crippen LogP contribution in [0.1, 0.15) is 29.8 Å². The second kappa shape index (κ2) is 13.6. The van der Waals surface area contributed by atoms with Crippen molar-refractivity contribution in [3.05, 3.63) is 65.5 Å². The molecule has 0 aliphatic carbocycles. The first-order valence-electron chi connectivity index (χ1n) is 10.6. The molecular formula is C23H34IN5O. The fraction of sp³-hybridized carbons (Fsp3) is 0.478. The van der Waals surface area contributed by atoms with E-state index in [0.717, 1.165) is 57.5 Å². The van der Waals surface area contributed by atoms with Crippen LogP contribution < -0.4 is 10.6 Å². The monoisotopic (exact) mass is 523 g/mol. The minimum absolute atomic E-state index is 0. The zero-order chi connectivity index (χ0) is 20.3. The maximum Gasteiger partial charge on any atom is 0.191 e. The number of pyridine rings is 1. The number of hydrogen-bond donors (Lipinski definition) is 2. The minimum atomic E-state index is 0. The second-order valence-corrected chi connectivity index (χ2v) is 7.29. The fourth-order valence-corrected chi connectivity index (χ4v) is 3.48. The Hall–Kier alpha value is -1.71. The van der Waals surface area contributed by atoms with Gasteiger partial charge in [0.15, 0.2) is 5.96 Å². The molecule has 1 aliphatic heterocycles. The van der Waals surface area contributed by atoms with E-state index in [1.807, 2.05) is 18.3 Å². The number of ether oxygens (including phenoxy) is 1. The van der Waals surface area contributed by atoms with Gasteiger partial charge in [-0.15, -0.1) is 24.0 Å². The molecule has 2 aromatic rings. The maximum atomic E-state index is 5.56. The van der Waals surface area contributed by atoms with Crippen LogP contribution in [0.5, 0.6) is 0 Å². The molecule has 7 heteroatoms. The van der Waals surface area contributed by atoms with Crippen LogP contribution in [0.3, 0.4) is 0 Å². The van der Waals surface area contributed by atoms with Crippen LogP contribution >= 0.6 is 24.0 Å². The van der Waals surface area contributed by atoms with E-state index in [0.29, 0.717) is 6.54 Å². The molecular weight excluding hydrogens is 489 g/mol. The molecule has 1 saturated heterocycles. The van der Waals surface area contributed by atoms with Gasteiger partial charge in [0.2, 0.25) is 0 Å². The van der Waals surface area contributed by atoms with Crippen LogP contribution in [-0.2, 0) is 11.2 Å². The van der Waals surface area contributed by atoms with Gasteiger partial charge in [-0.05, 0) is 31.5 Å². The van der Waals surface area contributed by atoms with Crippen LogP contribution in [0.4, 0.5) is 0 Å². The van der Waals surface area contributed by atoms with Crippen molar-refractivity contribution in [1.29, 1.82) is 0 Å². The Morgan fingerprint density at radius 1 is 1.13 bits per heavy atom. The number of hydrogen-bond acceptors (Lipinski definition) is 4. The van der Waals surface area contributed by atoms with Gasteiger partial charge >= 0.3 is 0 Å². The van der Waals surface area contributed by atoms with Crippen molar-refractivity contribution >= 4 is 29.9 Å². The van der Waals surface area contributed by atoms with Gasteiger partial charge in [0.25, 0.3) is 0 Å². The molecule has 30 heavy (non-hydrogen) atoms. The van der Waals surface area contributed by atoms with E-state index < -0.39 is 0 Å². The quantitative estimate of drug-likeness (QED) is 0.316. The van der Waals surface area contributed by atoms with E-state index in [1.165, 1.54) is 11.1 Å². The van der Waals surface area contributed by atoms with Crippen LogP contribution in [0.25, 0.3) is 0 Å². The van der Waals surface area contributed by atoms with E-state index in [2.05, 4.69) is 64.7 Å². The Kier molecular flexibility index (Phi) is 11.1. The van der Waals surface area contributed by atoms with Gasteiger partial charge in [0, 0.05) is 44.5 Å². The van der Waals surface area contributed by atoms with E-state index in [1.54, 1.807) is 0 Å². The Morgan fingerprint density at radius 3 is 2.57 bits per heavy atom. The third kappa shape index (κ3) is 7.85. The van der Waals surface area contributed by atoms with E-state index in [9.17, 15) is 0 Å². The summed E-state index contributed by atoms with van der Waals surface area (Å²) in [6.07, 6.45) is 2.71. The highest BCUT2D eigenvalue weighted by molar-refractivity contribution is 14.0. The number of aromatic nitrogens is 1. The zero-order valence-electron chi connectivity index (χ0n) is 18.0. The summed E-state index contributed by atoms with van der Waals surface area (Å²) in [4.78, 5) is 11.8. The average molecular weight is 523 g/mol. The molecule has 0 bridgehead atoms. The molecule has 1 aromatic heterocycles. The van der Waals surface area contributed by atoms with Crippen molar-refractivity contribution in [3.8, 4) is 0 Å². The summed E-state index contributed by atoms with van der Waals surface area (Å²) < 4.78 is 5.56. The summed E-state index contributed by atoms with van der Waals surface area (Å²) in [6, 6.07) is 15.1. The average Bonchev–Trinajstić information content (AvgIpc) is 2.76. The van der Waals surface area contributed by atoms with Crippen molar-refractivity contribution in [2.75, 3.05) is 45.9 Å². The summed E-state index contributed by atoms with van der Waals surface area (Å²) >= 11 is 0. The normalized spacial score (nSPS) is 15.9. The number of guanidine groups is 1. The first-order valence-corrected chi connectivity index (χ1v) is 10.6. The summed E-state index contributed by atoms with van der Waals surface area (Å²) in [7, 11) is 0. The van der Waals surface area contributed by atoms with Crippen molar-refractivity contribution in [2.24, 2.45) is 4.99 Å². The Bertz CT molecular complexity index is 748. The molecule has 0 radical (unpaired) electrons. The Labute approximate surface area is 197 Å². The molecule has 1 atom stereocenters. The van der Waals surface area contributed by atoms with Crippen molar-refractivity contribution in [2.45, 2.75) is 26.3 Å². The molecule has 0 saturated carbocycles. The molecule has 164 valence electrons. The van der Waals surface area contributed by atoms with Gasteiger partial charge < -0.3 is 15.4 Å². The maximum absolute atomic E-state index is 5.56. The highest BCUT2D eigenvalue weighted by Crippen LogP contribution is 2.22. The molecule has 1 fully saturated rings. The van der Waals surface area contributed by atoms with Crippen molar-refractivity contribution in [1.82, 2.24) is 20.5 Å². The minimum Gasteiger partial charge on any atom is -0.379 e. The number of nitrogens with one attached hydrogen (secondary N) is 2. The van der Waals surface area contributed by atoms with Gasteiger partial charge in [-0.25, -0.2) is 0 Å². The molecule has 6 nitrogen and oxygen atoms in total. The third-order valence-corrected chi connectivity index (χ3v) is 5.11. The number of benzene rings is 1. The van der Waals surface area contributed by atoms with Gasteiger partial charge in [-0.1, -0.05) is 35.9 Å². The SMILES string of the molecule is CCNC(=NCC(c1ccc(C)cc1)N1CCOCC1)NCCc1ccccn1.I. The number of rotatable bonds is 8. The molecule has 3 rings (SSSR count). The van der Waals surface area contributed by atoms with Gasteiger partial charge in [-0.3, -0.25) is 14.9 Å². The van der Waals surface area contributed by atoms with E-state index in [4.69, 9.17) is 9.73 Å². The molecule has 2 heterocycles. The van der Waals surface area contributed by atoms with E-state index in [-0.39, 0.29) is 30.0 Å². The topological polar surface area (TPSA) is 61.8 Å². The van der Waals surface area contributed by atoms with Crippen molar-refractivity contribution in [3.63, 3.8) is 0 Å². The predicted octanol–water partition coefficient (Wildman–Crippen LogP) is 3.18.